The second-order valence-electron chi connectivity index (χ2n) is 6.27. The molecule has 3 nitrogen and oxygen atoms in total. The van der Waals surface area contributed by atoms with Crippen LogP contribution in [0.1, 0.15) is 45.1 Å². The molecule has 2 atom stereocenters. The molecule has 0 saturated carbocycles. The summed E-state index contributed by atoms with van der Waals surface area (Å²) in [7, 11) is 2.00. The van der Waals surface area contributed by atoms with Crippen molar-refractivity contribution in [2.75, 3.05) is 13.6 Å². The van der Waals surface area contributed by atoms with Crippen LogP contribution in [0, 0.1) is 0 Å². The van der Waals surface area contributed by atoms with E-state index in [1.807, 2.05) is 38.2 Å². The summed E-state index contributed by atoms with van der Waals surface area (Å²) in [5.41, 5.74) is 1.07. The number of nitrogens with zero attached hydrogens (tertiary/aromatic N) is 2. The Morgan fingerprint density at radius 2 is 2.14 bits per heavy atom. The fourth-order valence-electron chi connectivity index (χ4n) is 3.18. The number of rotatable bonds is 5. The molecule has 1 aliphatic rings. The van der Waals surface area contributed by atoms with Crippen LogP contribution >= 0.6 is 11.6 Å². The van der Waals surface area contributed by atoms with Crippen LogP contribution in [0.15, 0.2) is 24.3 Å². The summed E-state index contributed by atoms with van der Waals surface area (Å²) >= 11 is 6.22. The molecule has 0 bridgehead atoms. The Labute approximate surface area is 139 Å². The maximum atomic E-state index is 12.8. The lowest BCUT2D eigenvalue weighted by atomic mass is 9.99. The SMILES string of the molecule is CCC1CCCCN1C(=O)C(C)N(C)Cc1ccccc1Cl. The van der Waals surface area contributed by atoms with Crippen molar-refractivity contribution in [2.45, 2.75) is 58.2 Å². The van der Waals surface area contributed by atoms with Gasteiger partial charge in [0, 0.05) is 24.2 Å². The second kappa shape index (κ2) is 7.98. The summed E-state index contributed by atoms with van der Waals surface area (Å²) in [6, 6.07) is 8.13. The third-order valence-corrected chi connectivity index (χ3v) is 5.15. The van der Waals surface area contributed by atoms with E-state index < -0.39 is 0 Å². The Balaban J connectivity index is 2.01. The van der Waals surface area contributed by atoms with E-state index in [0.29, 0.717) is 12.6 Å². The Bertz CT molecular complexity index is 506. The molecule has 1 heterocycles. The molecule has 0 aromatic heterocycles. The fourth-order valence-corrected chi connectivity index (χ4v) is 3.37. The van der Waals surface area contributed by atoms with Gasteiger partial charge in [-0.25, -0.2) is 0 Å². The molecule has 1 amide bonds. The molecule has 2 unspecified atom stereocenters. The van der Waals surface area contributed by atoms with E-state index in [1.165, 1.54) is 6.42 Å². The standard InChI is InChI=1S/C18H27ClN2O/c1-4-16-10-7-8-12-21(16)18(22)14(2)20(3)13-15-9-5-6-11-17(15)19/h5-6,9,11,14,16H,4,7-8,10,12-13H2,1-3H3. The first-order valence-corrected chi connectivity index (χ1v) is 8.66. The van der Waals surface area contributed by atoms with E-state index in [9.17, 15) is 4.79 Å². The van der Waals surface area contributed by atoms with Gasteiger partial charge in [0.2, 0.25) is 5.91 Å². The summed E-state index contributed by atoms with van der Waals surface area (Å²) in [6.45, 7) is 5.77. The number of halogens is 1. The average molecular weight is 323 g/mol. The average Bonchev–Trinajstić information content (AvgIpc) is 2.55. The minimum absolute atomic E-state index is 0.122. The van der Waals surface area contributed by atoms with E-state index >= 15 is 0 Å². The lowest BCUT2D eigenvalue weighted by molar-refractivity contribution is -0.140. The molecule has 4 heteroatoms. The lowest BCUT2D eigenvalue weighted by Gasteiger charge is -2.38. The van der Waals surface area contributed by atoms with Crippen LogP contribution in [-0.2, 0) is 11.3 Å². The largest absolute Gasteiger partial charge is 0.338 e. The number of carbonyl (C=O) groups excluding carboxylic acids is 1. The number of carbonyl (C=O) groups is 1. The summed E-state index contributed by atoms with van der Waals surface area (Å²) in [5, 5.41) is 0.762. The number of hydrogen-bond acceptors (Lipinski definition) is 2. The molecule has 0 radical (unpaired) electrons. The predicted octanol–water partition coefficient (Wildman–Crippen LogP) is 3.95. The highest BCUT2D eigenvalue weighted by Gasteiger charge is 2.30. The highest BCUT2D eigenvalue weighted by molar-refractivity contribution is 6.31. The van der Waals surface area contributed by atoms with Crippen molar-refractivity contribution in [1.82, 2.24) is 9.80 Å². The summed E-state index contributed by atoms with van der Waals surface area (Å²) in [4.78, 5) is 17.0. The zero-order valence-electron chi connectivity index (χ0n) is 13.9. The van der Waals surface area contributed by atoms with Crippen molar-refractivity contribution in [2.24, 2.45) is 0 Å². The minimum Gasteiger partial charge on any atom is -0.338 e. The zero-order valence-corrected chi connectivity index (χ0v) is 14.6. The van der Waals surface area contributed by atoms with Gasteiger partial charge < -0.3 is 4.90 Å². The van der Waals surface area contributed by atoms with Gasteiger partial charge in [-0.15, -0.1) is 0 Å². The normalized spacial score (nSPS) is 20.2. The van der Waals surface area contributed by atoms with Gasteiger partial charge in [-0.3, -0.25) is 9.69 Å². The van der Waals surface area contributed by atoms with Gasteiger partial charge >= 0.3 is 0 Å². The van der Waals surface area contributed by atoms with E-state index in [1.54, 1.807) is 0 Å². The Morgan fingerprint density at radius 1 is 1.41 bits per heavy atom. The first kappa shape index (κ1) is 17.3. The molecule has 2 rings (SSSR count). The molecular formula is C18H27ClN2O. The quantitative estimate of drug-likeness (QED) is 0.819. The number of hydrogen-bond donors (Lipinski definition) is 0. The van der Waals surface area contributed by atoms with E-state index in [0.717, 1.165) is 36.4 Å². The molecule has 1 aliphatic heterocycles. The van der Waals surface area contributed by atoms with Crippen molar-refractivity contribution in [3.63, 3.8) is 0 Å². The zero-order chi connectivity index (χ0) is 16.1. The van der Waals surface area contributed by atoms with Crippen molar-refractivity contribution < 1.29 is 4.79 Å². The number of likely N-dealkylation sites (N-methyl/N-ethyl adjacent to an activating group) is 1. The van der Waals surface area contributed by atoms with Crippen LogP contribution < -0.4 is 0 Å². The predicted molar refractivity (Wildman–Crippen MR) is 92.0 cm³/mol. The van der Waals surface area contributed by atoms with E-state index in [2.05, 4.69) is 16.7 Å². The molecule has 1 saturated heterocycles. The molecule has 1 aromatic rings. The lowest BCUT2D eigenvalue weighted by Crippen LogP contribution is -2.51. The van der Waals surface area contributed by atoms with Crippen LogP contribution in [0.5, 0.6) is 0 Å². The van der Waals surface area contributed by atoms with Crippen LogP contribution in [0.4, 0.5) is 0 Å². The van der Waals surface area contributed by atoms with Crippen LogP contribution in [0.2, 0.25) is 5.02 Å². The Hall–Kier alpha value is -1.06. The summed E-state index contributed by atoms with van der Waals surface area (Å²) in [5.74, 6) is 0.251. The topological polar surface area (TPSA) is 23.6 Å². The second-order valence-corrected chi connectivity index (χ2v) is 6.68. The number of likely N-dealkylation sites (tertiary alicyclic amines) is 1. The van der Waals surface area contributed by atoms with Crippen LogP contribution in [-0.4, -0.2) is 41.4 Å². The molecule has 0 N–H and O–H groups in total. The minimum atomic E-state index is -0.122. The highest BCUT2D eigenvalue weighted by atomic mass is 35.5. The summed E-state index contributed by atoms with van der Waals surface area (Å²) < 4.78 is 0. The summed E-state index contributed by atoms with van der Waals surface area (Å²) in [6.07, 6.45) is 4.56. The van der Waals surface area contributed by atoms with Crippen molar-refractivity contribution >= 4 is 17.5 Å². The van der Waals surface area contributed by atoms with Gasteiger partial charge in [0.25, 0.3) is 0 Å². The third kappa shape index (κ3) is 4.02. The molecule has 1 fully saturated rings. The number of piperidine rings is 1. The van der Waals surface area contributed by atoms with Gasteiger partial charge in [0.15, 0.2) is 0 Å². The van der Waals surface area contributed by atoms with E-state index in [4.69, 9.17) is 11.6 Å². The molecule has 0 spiro atoms. The van der Waals surface area contributed by atoms with Gasteiger partial charge in [0.05, 0.1) is 6.04 Å². The maximum Gasteiger partial charge on any atom is 0.239 e. The van der Waals surface area contributed by atoms with Crippen LogP contribution in [0.3, 0.4) is 0 Å². The van der Waals surface area contributed by atoms with E-state index in [-0.39, 0.29) is 11.9 Å². The monoisotopic (exact) mass is 322 g/mol. The van der Waals surface area contributed by atoms with Crippen LogP contribution in [0.25, 0.3) is 0 Å². The molecule has 122 valence electrons. The van der Waals surface area contributed by atoms with Gasteiger partial charge in [-0.2, -0.15) is 0 Å². The Morgan fingerprint density at radius 3 is 2.82 bits per heavy atom. The smallest absolute Gasteiger partial charge is 0.239 e. The van der Waals surface area contributed by atoms with Crippen molar-refractivity contribution in [3.8, 4) is 0 Å². The van der Waals surface area contributed by atoms with Crippen molar-refractivity contribution in [1.29, 1.82) is 0 Å². The molecular weight excluding hydrogens is 296 g/mol. The van der Waals surface area contributed by atoms with Crippen molar-refractivity contribution in [3.05, 3.63) is 34.9 Å². The number of benzene rings is 1. The third-order valence-electron chi connectivity index (χ3n) is 4.78. The number of amides is 1. The maximum absolute atomic E-state index is 12.8. The Kier molecular flexibility index (Phi) is 6.27. The van der Waals surface area contributed by atoms with Gasteiger partial charge in [0.1, 0.15) is 0 Å². The fraction of sp³-hybridized carbons (Fsp3) is 0.611. The van der Waals surface area contributed by atoms with Gasteiger partial charge in [-0.1, -0.05) is 36.7 Å². The molecule has 0 aliphatic carbocycles. The van der Waals surface area contributed by atoms with Gasteiger partial charge in [-0.05, 0) is 51.3 Å². The highest BCUT2D eigenvalue weighted by Crippen LogP contribution is 2.22. The first-order valence-electron chi connectivity index (χ1n) is 8.28. The molecule has 1 aromatic carbocycles. The first-order chi connectivity index (χ1) is 10.5. The molecule has 22 heavy (non-hydrogen) atoms.